The van der Waals surface area contributed by atoms with E-state index in [1.807, 2.05) is 6.92 Å². The van der Waals surface area contributed by atoms with Crippen LogP contribution < -0.4 is 10.5 Å². The van der Waals surface area contributed by atoms with Crippen molar-refractivity contribution >= 4 is 5.97 Å². The zero-order valence-corrected chi connectivity index (χ0v) is 7.93. The monoisotopic (exact) mass is 195 g/mol. The average Bonchev–Trinajstić information content (AvgIpc) is 2.15. The van der Waals surface area contributed by atoms with Crippen LogP contribution in [0, 0.1) is 0 Å². The van der Waals surface area contributed by atoms with Gasteiger partial charge in [-0.3, -0.25) is 0 Å². The standard InChI is InChI=1S/C10H13NO3/c1-7(11)6-14-9-4-2-3-8(5-9)10(12)13/h2-5,7H,6,11H2,1H3,(H,12,13)/t7-/m0/s1. The van der Waals surface area contributed by atoms with Gasteiger partial charge in [-0.2, -0.15) is 0 Å². The molecule has 0 aliphatic rings. The number of ether oxygens (including phenoxy) is 1. The molecular weight excluding hydrogens is 182 g/mol. The molecule has 0 spiro atoms. The summed E-state index contributed by atoms with van der Waals surface area (Å²) in [5, 5.41) is 8.71. The highest BCUT2D eigenvalue weighted by atomic mass is 16.5. The Kier molecular flexibility index (Phi) is 3.48. The Morgan fingerprint density at radius 2 is 2.36 bits per heavy atom. The lowest BCUT2D eigenvalue weighted by molar-refractivity contribution is 0.0696. The summed E-state index contributed by atoms with van der Waals surface area (Å²) in [6, 6.07) is 6.27. The van der Waals surface area contributed by atoms with Gasteiger partial charge in [0.15, 0.2) is 0 Å². The third-order valence-electron chi connectivity index (χ3n) is 1.59. The normalized spacial score (nSPS) is 12.1. The molecule has 4 heteroatoms. The van der Waals surface area contributed by atoms with E-state index in [1.165, 1.54) is 12.1 Å². The van der Waals surface area contributed by atoms with Crippen molar-refractivity contribution in [3.63, 3.8) is 0 Å². The molecule has 3 N–H and O–H groups in total. The van der Waals surface area contributed by atoms with E-state index in [1.54, 1.807) is 12.1 Å². The Bertz CT molecular complexity index is 323. The Balaban J connectivity index is 2.69. The second-order valence-corrected chi connectivity index (χ2v) is 3.12. The fourth-order valence-corrected chi connectivity index (χ4v) is 0.947. The topological polar surface area (TPSA) is 72.5 Å². The van der Waals surface area contributed by atoms with Crippen LogP contribution in [-0.2, 0) is 0 Å². The minimum atomic E-state index is -0.962. The maximum atomic E-state index is 10.6. The highest BCUT2D eigenvalue weighted by Gasteiger charge is 2.03. The van der Waals surface area contributed by atoms with Crippen LogP contribution in [0.5, 0.6) is 5.75 Å². The molecule has 1 aromatic carbocycles. The number of carbonyl (C=O) groups is 1. The third-order valence-corrected chi connectivity index (χ3v) is 1.59. The minimum absolute atomic E-state index is 0.0662. The number of carboxylic acids is 1. The zero-order valence-electron chi connectivity index (χ0n) is 7.93. The molecule has 1 rings (SSSR count). The summed E-state index contributed by atoms with van der Waals surface area (Å²) in [7, 11) is 0. The van der Waals surface area contributed by atoms with E-state index in [0.29, 0.717) is 12.4 Å². The Labute approximate surface area is 82.3 Å². The molecular formula is C10H13NO3. The van der Waals surface area contributed by atoms with E-state index in [-0.39, 0.29) is 11.6 Å². The lowest BCUT2D eigenvalue weighted by atomic mass is 10.2. The lowest BCUT2D eigenvalue weighted by Crippen LogP contribution is -2.23. The molecule has 1 aromatic rings. The molecule has 0 unspecified atom stereocenters. The van der Waals surface area contributed by atoms with Gasteiger partial charge in [-0.15, -0.1) is 0 Å². The third kappa shape index (κ3) is 3.06. The van der Waals surface area contributed by atoms with Gasteiger partial charge >= 0.3 is 5.97 Å². The molecule has 14 heavy (non-hydrogen) atoms. The van der Waals surface area contributed by atoms with Gasteiger partial charge < -0.3 is 15.6 Å². The number of hydrogen-bond donors (Lipinski definition) is 2. The van der Waals surface area contributed by atoms with E-state index < -0.39 is 5.97 Å². The van der Waals surface area contributed by atoms with Crippen LogP contribution >= 0.6 is 0 Å². The van der Waals surface area contributed by atoms with Crippen molar-refractivity contribution < 1.29 is 14.6 Å². The van der Waals surface area contributed by atoms with Crippen molar-refractivity contribution in [1.29, 1.82) is 0 Å². The second kappa shape index (κ2) is 4.62. The van der Waals surface area contributed by atoms with Gasteiger partial charge in [0.25, 0.3) is 0 Å². The molecule has 0 amide bonds. The summed E-state index contributed by atoms with van der Waals surface area (Å²) in [5.41, 5.74) is 5.71. The molecule has 4 nitrogen and oxygen atoms in total. The Hall–Kier alpha value is -1.55. The second-order valence-electron chi connectivity index (χ2n) is 3.12. The number of hydrogen-bond acceptors (Lipinski definition) is 3. The van der Waals surface area contributed by atoms with Gasteiger partial charge in [0.05, 0.1) is 5.56 Å². The smallest absolute Gasteiger partial charge is 0.335 e. The van der Waals surface area contributed by atoms with Crippen LogP contribution in [0.15, 0.2) is 24.3 Å². The van der Waals surface area contributed by atoms with Gasteiger partial charge in [0.1, 0.15) is 12.4 Å². The highest BCUT2D eigenvalue weighted by molar-refractivity contribution is 5.87. The Morgan fingerprint density at radius 3 is 2.93 bits per heavy atom. The predicted octanol–water partition coefficient (Wildman–Crippen LogP) is 1.11. The lowest BCUT2D eigenvalue weighted by Gasteiger charge is -2.08. The zero-order chi connectivity index (χ0) is 10.6. The first kappa shape index (κ1) is 10.5. The molecule has 0 saturated heterocycles. The Morgan fingerprint density at radius 1 is 1.64 bits per heavy atom. The number of benzene rings is 1. The quantitative estimate of drug-likeness (QED) is 0.754. The van der Waals surface area contributed by atoms with Crippen LogP contribution in [0.3, 0.4) is 0 Å². The first-order valence-corrected chi connectivity index (χ1v) is 4.31. The largest absolute Gasteiger partial charge is 0.492 e. The molecule has 0 aliphatic carbocycles. The molecule has 0 aliphatic heterocycles. The first-order valence-electron chi connectivity index (χ1n) is 4.31. The van der Waals surface area contributed by atoms with E-state index in [9.17, 15) is 4.79 Å². The van der Waals surface area contributed by atoms with Gasteiger partial charge in [0, 0.05) is 6.04 Å². The maximum Gasteiger partial charge on any atom is 0.335 e. The van der Waals surface area contributed by atoms with Gasteiger partial charge in [-0.05, 0) is 25.1 Å². The predicted molar refractivity (Wildman–Crippen MR) is 52.5 cm³/mol. The maximum absolute atomic E-state index is 10.6. The summed E-state index contributed by atoms with van der Waals surface area (Å²) >= 11 is 0. The summed E-state index contributed by atoms with van der Waals surface area (Å²) in [4.78, 5) is 10.6. The molecule has 0 aromatic heterocycles. The first-order chi connectivity index (χ1) is 6.59. The van der Waals surface area contributed by atoms with Crippen molar-refractivity contribution in [2.45, 2.75) is 13.0 Å². The van der Waals surface area contributed by atoms with Crippen LogP contribution in [0.25, 0.3) is 0 Å². The SMILES string of the molecule is C[C@H](N)COc1cccc(C(=O)O)c1. The van der Waals surface area contributed by atoms with Crippen LogP contribution in [0.1, 0.15) is 17.3 Å². The summed E-state index contributed by atoms with van der Waals surface area (Å²) in [6.45, 7) is 2.20. The van der Waals surface area contributed by atoms with Crippen molar-refractivity contribution in [3.8, 4) is 5.75 Å². The molecule has 1 atom stereocenters. The fourth-order valence-electron chi connectivity index (χ4n) is 0.947. The van der Waals surface area contributed by atoms with Crippen LogP contribution in [0.4, 0.5) is 0 Å². The molecule has 0 fully saturated rings. The number of rotatable bonds is 4. The molecule has 0 saturated carbocycles. The molecule has 76 valence electrons. The summed E-state index contributed by atoms with van der Waals surface area (Å²) in [5.74, 6) is -0.432. The van der Waals surface area contributed by atoms with Crippen molar-refractivity contribution in [3.05, 3.63) is 29.8 Å². The minimum Gasteiger partial charge on any atom is -0.492 e. The van der Waals surface area contributed by atoms with Crippen molar-refractivity contribution in [2.24, 2.45) is 5.73 Å². The molecule has 0 bridgehead atoms. The molecule has 0 radical (unpaired) electrons. The average molecular weight is 195 g/mol. The molecule has 0 heterocycles. The van der Waals surface area contributed by atoms with Crippen molar-refractivity contribution in [1.82, 2.24) is 0 Å². The van der Waals surface area contributed by atoms with Crippen molar-refractivity contribution in [2.75, 3.05) is 6.61 Å². The summed E-state index contributed by atoms with van der Waals surface area (Å²) < 4.78 is 5.27. The van der Waals surface area contributed by atoms with Gasteiger partial charge in [-0.25, -0.2) is 4.79 Å². The van der Waals surface area contributed by atoms with E-state index in [4.69, 9.17) is 15.6 Å². The van der Waals surface area contributed by atoms with E-state index in [0.717, 1.165) is 0 Å². The fraction of sp³-hybridized carbons (Fsp3) is 0.300. The van der Waals surface area contributed by atoms with E-state index in [2.05, 4.69) is 0 Å². The van der Waals surface area contributed by atoms with Gasteiger partial charge in [-0.1, -0.05) is 6.07 Å². The highest BCUT2D eigenvalue weighted by Crippen LogP contribution is 2.13. The van der Waals surface area contributed by atoms with Crippen LogP contribution in [-0.4, -0.2) is 23.7 Å². The number of nitrogens with two attached hydrogens (primary N) is 1. The summed E-state index contributed by atoms with van der Waals surface area (Å²) in [6.07, 6.45) is 0. The van der Waals surface area contributed by atoms with Gasteiger partial charge in [0.2, 0.25) is 0 Å². The van der Waals surface area contributed by atoms with E-state index >= 15 is 0 Å². The van der Waals surface area contributed by atoms with Crippen LogP contribution in [0.2, 0.25) is 0 Å². The number of aromatic carboxylic acids is 1. The number of carboxylic acid groups (broad SMARTS) is 1.